The predicted molar refractivity (Wildman–Crippen MR) is 85.1 cm³/mol. The fourth-order valence-electron chi connectivity index (χ4n) is 1.77. The molecule has 1 N–H and O–H groups in total. The second kappa shape index (κ2) is 6.12. The first-order valence-electron chi connectivity index (χ1n) is 5.94. The summed E-state index contributed by atoms with van der Waals surface area (Å²) in [6, 6.07) is 8.09. The van der Waals surface area contributed by atoms with Gasteiger partial charge in [-0.3, -0.25) is 14.8 Å². The van der Waals surface area contributed by atoms with Crippen molar-refractivity contribution in [3.8, 4) is 0 Å². The molecule has 0 unspecified atom stereocenters. The minimum Gasteiger partial charge on any atom is -0.278 e. The summed E-state index contributed by atoms with van der Waals surface area (Å²) in [5, 5.41) is 11.0. The highest BCUT2D eigenvalue weighted by atomic mass is 35.5. The average Bonchev–Trinajstić information content (AvgIpc) is 2.43. The van der Waals surface area contributed by atoms with Crippen molar-refractivity contribution in [3.05, 3.63) is 62.1 Å². The van der Waals surface area contributed by atoms with Crippen LogP contribution in [0.5, 0.6) is 0 Å². The highest BCUT2D eigenvalue weighted by Gasteiger charge is 2.21. The van der Waals surface area contributed by atoms with Crippen LogP contribution in [-0.2, 0) is 10.0 Å². The Hall–Kier alpha value is -1.83. The van der Waals surface area contributed by atoms with Crippen LogP contribution in [0.2, 0.25) is 10.0 Å². The van der Waals surface area contributed by atoms with Crippen molar-refractivity contribution < 1.29 is 13.3 Å². The molecular weight excluding hydrogens is 351 g/mol. The van der Waals surface area contributed by atoms with Crippen LogP contribution in [0.1, 0.15) is 5.56 Å². The molecule has 0 heterocycles. The highest BCUT2D eigenvalue weighted by molar-refractivity contribution is 7.92. The van der Waals surface area contributed by atoms with Crippen molar-refractivity contribution in [2.75, 3.05) is 4.72 Å². The van der Waals surface area contributed by atoms with Gasteiger partial charge in [0.25, 0.3) is 15.7 Å². The van der Waals surface area contributed by atoms with Gasteiger partial charge in [-0.2, -0.15) is 0 Å². The molecule has 116 valence electrons. The van der Waals surface area contributed by atoms with Gasteiger partial charge in [0.2, 0.25) is 0 Å². The Bertz CT molecular complexity index is 853. The van der Waals surface area contributed by atoms with E-state index in [-0.39, 0.29) is 26.3 Å². The minimum atomic E-state index is -4.04. The monoisotopic (exact) mass is 360 g/mol. The molecule has 0 amide bonds. The van der Waals surface area contributed by atoms with E-state index in [0.29, 0.717) is 5.56 Å². The summed E-state index contributed by atoms with van der Waals surface area (Å²) >= 11 is 11.8. The maximum absolute atomic E-state index is 12.4. The zero-order valence-corrected chi connectivity index (χ0v) is 13.5. The first-order valence-corrected chi connectivity index (χ1v) is 8.18. The summed E-state index contributed by atoms with van der Waals surface area (Å²) < 4.78 is 27.1. The van der Waals surface area contributed by atoms with E-state index in [1.54, 1.807) is 0 Å². The Morgan fingerprint density at radius 1 is 1.18 bits per heavy atom. The molecule has 6 nitrogen and oxygen atoms in total. The van der Waals surface area contributed by atoms with E-state index in [9.17, 15) is 18.5 Å². The van der Waals surface area contributed by atoms with E-state index in [1.807, 2.05) is 0 Å². The molecule has 0 aromatic heterocycles. The molecule has 0 spiro atoms. The van der Waals surface area contributed by atoms with E-state index in [4.69, 9.17) is 23.2 Å². The molecule has 0 atom stereocenters. The van der Waals surface area contributed by atoms with Crippen molar-refractivity contribution in [1.82, 2.24) is 0 Å². The number of aryl methyl sites for hydroxylation is 1. The summed E-state index contributed by atoms with van der Waals surface area (Å²) in [5.41, 5.74) is 0.152. The number of hydrogen-bond acceptors (Lipinski definition) is 4. The number of nitro benzene ring substituents is 1. The first kappa shape index (κ1) is 16.5. The summed E-state index contributed by atoms with van der Waals surface area (Å²) in [6.07, 6.45) is 0. The fraction of sp³-hybridized carbons (Fsp3) is 0.0769. The molecule has 0 saturated carbocycles. The highest BCUT2D eigenvalue weighted by Crippen LogP contribution is 2.32. The van der Waals surface area contributed by atoms with Gasteiger partial charge in [0, 0.05) is 12.1 Å². The average molecular weight is 361 g/mol. The Balaban J connectivity index is 2.49. The molecule has 0 aliphatic heterocycles. The standard InChI is InChI=1S/C13H10Cl2N2O4S/c1-8-5-6-9(17(18)19)7-12(8)22(20,21)16-11-4-2-3-10(14)13(11)15/h2-7,16H,1H3. The third kappa shape index (κ3) is 3.32. The molecular formula is C13H10Cl2N2O4S. The van der Waals surface area contributed by atoms with Crippen molar-refractivity contribution in [1.29, 1.82) is 0 Å². The fourth-order valence-corrected chi connectivity index (χ4v) is 3.52. The lowest BCUT2D eigenvalue weighted by Gasteiger charge is -2.12. The van der Waals surface area contributed by atoms with Crippen LogP contribution >= 0.6 is 23.2 Å². The van der Waals surface area contributed by atoms with Crippen LogP contribution in [0.25, 0.3) is 0 Å². The lowest BCUT2D eigenvalue weighted by atomic mass is 10.2. The lowest BCUT2D eigenvalue weighted by Crippen LogP contribution is -2.15. The lowest BCUT2D eigenvalue weighted by molar-refractivity contribution is -0.385. The van der Waals surface area contributed by atoms with Gasteiger partial charge in [-0.15, -0.1) is 0 Å². The molecule has 0 saturated heterocycles. The zero-order valence-electron chi connectivity index (χ0n) is 11.2. The van der Waals surface area contributed by atoms with E-state index in [2.05, 4.69) is 4.72 Å². The van der Waals surface area contributed by atoms with Gasteiger partial charge < -0.3 is 0 Å². The molecule has 0 fully saturated rings. The summed E-state index contributed by atoms with van der Waals surface area (Å²) in [4.78, 5) is 9.94. The molecule has 0 radical (unpaired) electrons. The zero-order chi connectivity index (χ0) is 16.5. The number of benzene rings is 2. The van der Waals surface area contributed by atoms with Crippen LogP contribution in [0, 0.1) is 17.0 Å². The molecule has 22 heavy (non-hydrogen) atoms. The number of nitro groups is 1. The van der Waals surface area contributed by atoms with Crippen molar-refractivity contribution >= 4 is 44.6 Å². The summed E-state index contributed by atoms with van der Waals surface area (Å²) in [6.45, 7) is 1.54. The van der Waals surface area contributed by atoms with Crippen LogP contribution in [0.3, 0.4) is 0 Å². The number of hydrogen-bond donors (Lipinski definition) is 1. The molecule has 9 heteroatoms. The second-order valence-corrected chi connectivity index (χ2v) is 6.85. The molecule has 2 aromatic rings. The number of nitrogens with zero attached hydrogens (tertiary/aromatic N) is 1. The second-order valence-electron chi connectivity index (χ2n) is 4.41. The van der Waals surface area contributed by atoms with Gasteiger partial charge in [0.05, 0.1) is 25.6 Å². The van der Waals surface area contributed by atoms with Crippen LogP contribution in [-0.4, -0.2) is 13.3 Å². The topological polar surface area (TPSA) is 89.3 Å². The van der Waals surface area contributed by atoms with Gasteiger partial charge >= 0.3 is 0 Å². The Kier molecular flexibility index (Phi) is 4.60. The van der Waals surface area contributed by atoms with Gasteiger partial charge in [-0.25, -0.2) is 8.42 Å². The molecule has 0 aliphatic carbocycles. The summed E-state index contributed by atoms with van der Waals surface area (Å²) in [5.74, 6) is 0. The third-order valence-corrected chi connectivity index (χ3v) is 5.19. The molecule has 2 aromatic carbocycles. The minimum absolute atomic E-state index is 0.0517. The number of nitrogens with one attached hydrogen (secondary N) is 1. The van der Waals surface area contributed by atoms with Crippen LogP contribution in [0.15, 0.2) is 41.3 Å². The van der Waals surface area contributed by atoms with E-state index < -0.39 is 14.9 Å². The van der Waals surface area contributed by atoms with E-state index in [1.165, 1.54) is 37.3 Å². The quantitative estimate of drug-likeness (QED) is 0.658. The van der Waals surface area contributed by atoms with Crippen molar-refractivity contribution in [3.63, 3.8) is 0 Å². The smallest absolute Gasteiger partial charge is 0.270 e. The van der Waals surface area contributed by atoms with Crippen LogP contribution in [0.4, 0.5) is 11.4 Å². The van der Waals surface area contributed by atoms with Gasteiger partial charge in [0.1, 0.15) is 0 Å². The molecule has 0 bridgehead atoms. The van der Waals surface area contributed by atoms with E-state index >= 15 is 0 Å². The number of non-ortho nitro benzene ring substituents is 1. The number of rotatable bonds is 4. The Morgan fingerprint density at radius 2 is 1.86 bits per heavy atom. The largest absolute Gasteiger partial charge is 0.278 e. The number of halogens is 2. The maximum Gasteiger partial charge on any atom is 0.270 e. The van der Waals surface area contributed by atoms with E-state index in [0.717, 1.165) is 6.07 Å². The number of anilines is 1. The first-order chi connectivity index (χ1) is 10.2. The number of sulfonamides is 1. The van der Waals surface area contributed by atoms with Crippen molar-refractivity contribution in [2.45, 2.75) is 11.8 Å². The van der Waals surface area contributed by atoms with Crippen molar-refractivity contribution in [2.24, 2.45) is 0 Å². The molecule has 2 rings (SSSR count). The third-order valence-electron chi connectivity index (χ3n) is 2.87. The Morgan fingerprint density at radius 3 is 2.50 bits per heavy atom. The maximum atomic E-state index is 12.4. The van der Waals surface area contributed by atoms with Gasteiger partial charge in [0.15, 0.2) is 0 Å². The Labute approximate surface area is 136 Å². The van der Waals surface area contributed by atoms with Gasteiger partial charge in [-0.05, 0) is 24.6 Å². The molecule has 0 aliphatic rings. The van der Waals surface area contributed by atoms with Crippen LogP contribution < -0.4 is 4.72 Å². The SMILES string of the molecule is Cc1ccc([N+](=O)[O-])cc1S(=O)(=O)Nc1cccc(Cl)c1Cl. The van der Waals surface area contributed by atoms with Gasteiger partial charge in [-0.1, -0.05) is 35.3 Å². The predicted octanol–water partition coefficient (Wildman–Crippen LogP) is 4.01. The summed E-state index contributed by atoms with van der Waals surface area (Å²) in [7, 11) is -4.04. The normalized spacial score (nSPS) is 11.2.